The quantitative estimate of drug-likeness (QED) is 0.829. The van der Waals surface area contributed by atoms with Crippen LogP contribution in [-0.4, -0.2) is 67.5 Å². The molecule has 3 rings (SSSR count). The minimum Gasteiger partial charge on any atom is -0.484 e. The molecule has 7 heteroatoms. The molecule has 1 N–H and O–H groups in total. The van der Waals surface area contributed by atoms with E-state index in [2.05, 4.69) is 21.2 Å². The molecule has 2 heterocycles. The second-order valence-electron chi connectivity index (χ2n) is 6.14. The van der Waals surface area contributed by atoms with E-state index in [0.717, 1.165) is 24.0 Å². The van der Waals surface area contributed by atoms with Gasteiger partial charge in [0, 0.05) is 37.2 Å². The van der Waals surface area contributed by atoms with Crippen molar-refractivity contribution in [2.24, 2.45) is 5.92 Å². The molecular weight excluding hydrogens is 374 g/mol. The summed E-state index contributed by atoms with van der Waals surface area (Å²) in [5.41, 5.74) is 0. The molecular formula is C17H22BrN3O3. The Labute approximate surface area is 150 Å². The molecule has 0 aliphatic carbocycles. The van der Waals surface area contributed by atoms with Crippen molar-refractivity contribution in [3.63, 3.8) is 0 Å². The highest BCUT2D eigenvalue weighted by Crippen LogP contribution is 2.17. The molecule has 130 valence electrons. The summed E-state index contributed by atoms with van der Waals surface area (Å²) in [4.78, 5) is 28.3. The average Bonchev–Trinajstić information content (AvgIpc) is 3.15. The maximum Gasteiger partial charge on any atom is 0.260 e. The highest BCUT2D eigenvalue weighted by atomic mass is 79.9. The first-order valence-electron chi connectivity index (χ1n) is 8.29. The molecule has 2 fully saturated rings. The van der Waals surface area contributed by atoms with Crippen LogP contribution >= 0.6 is 15.9 Å². The Morgan fingerprint density at radius 2 is 1.79 bits per heavy atom. The zero-order valence-corrected chi connectivity index (χ0v) is 15.1. The molecule has 0 bridgehead atoms. The SMILES string of the molecule is O=C(COc1ccc(Br)cc1)N1CCN(C(=O)C2CCNC2)CC1. The summed E-state index contributed by atoms with van der Waals surface area (Å²) in [5, 5.41) is 3.22. The minimum absolute atomic E-state index is 0.0299. The van der Waals surface area contributed by atoms with E-state index < -0.39 is 0 Å². The molecule has 2 aliphatic rings. The van der Waals surface area contributed by atoms with E-state index in [1.165, 1.54) is 0 Å². The third-order valence-corrected chi connectivity index (χ3v) is 5.06. The van der Waals surface area contributed by atoms with Crippen molar-refractivity contribution < 1.29 is 14.3 Å². The minimum atomic E-state index is -0.0347. The van der Waals surface area contributed by atoms with Crippen LogP contribution in [-0.2, 0) is 9.59 Å². The van der Waals surface area contributed by atoms with Crippen LogP contribution in [0.4, 0.5) is 0 Å². The van der Waals surface area contributed by atoms with E-state index >= 15 is 0 Å². The summed E-state index contributed by atoms with van der Waals surface area (Å²) in [6.07, 6.45) is 0.916. The fourth-order valence-corrected chi connectivity index (χ4v) is 3.33. The fourth-order valence-electron chi connectivity index (χ4n) is 3.07. The highest BCUT2D eigenvalue weighted by molar-refractivity contribution is 9.10. The van der Waals surface area contributed by atoms with Gasteiger partial charge in [-0.2, -0.15) is 0 Å². The number of benzene rings is 1. The van der Waals surface area contributed by atoms with Crippen LogP contribution in [0, 0.1) is 5.92 Å². The average molecular weight is 396 g/mol. The molecule has 1 aromatic carbocycles. The van der Waals surface area contributed by atoms with Gasteiger partial charge >= 0.3 is 0 Å². The number of nitrogens with one attached hydrogen (secondary N) is 1. The van der Waals surface area contributed by atoms with E-state index in [-0.39, 0.29) is 24.3 Å². The van der Waals surface area contributed by atoms with Crippen LogP contribution in [0.3, 0.4) is 0 Å². The van der Waals surface area contributed by atoms with Gasteiger partial charge in [-0.1, -0.05) is 15.9 Å². The van der Waals surface area contributed by atoms with E-state index in [1.54, 1.807) is 4.90 Å². The van der Waals surface area contributed by atoms with Crippen LogP contribution in [0.1, 0.15) is 6.42 Å². The second kappa shape index (κ2) is 7.98. The van der Waals surface area contributed by atoms with Gasteiger partial charge in [0.05, 0.1) is 5.92 Å². The van der Waals surface area contributed by atoms with Gasteiger partial charge in [0.1, 0.15) is 5.75 Å². The molecule has 24 heavy (non-hydrogen) atoms. The topological polar surface area (TPSA) is 61.9 Å². The van der Waals surface area contributed by atoms with Crippen molar-refractivity contribution >= 4 is 27.7 Å². The Hall–Kier alpha value is -1.60. The van der Waals surface area contributed by atoms with Gasteiger partial charge in [0.2, 0.25) is 5.91 Å². The lowest BCUT2D eigenvalue weighted by molar-refractivity contribution is -0.142. The van der Waals surface area contributed by atoms with E-state index in [1.807, 2.05) is 29.2 Å². The number of halogens is 1. The molecule has 0 radical (unpaired) electrons. The third-order valence-electron chi connectivity index (χ3n) is 4.53. The van der Waals surface area contributed by atoms with Gasteiger partial charge in [0.15, 0.2) is 6.61 Å². The first-order chi connectivity index (χ1) is 11.6. The summed E-state index contributed by atoms with van der Waals surface area (Å²) in [5.74, 6) is 0.966. The molecule has 2 aliphatic heterocycles. The lowest BCUT2D eigenvalue weighted by Gasteiger charge is -2.35. The number of amides is 2. The van der Waals surface area contributed by atoms with Crippen molar-refractivity contribution in [1.82, 2.24) is 15.1 Å². The normalized spacial score (nSPS) is 21.0. The zero-order valence-electron chi connectivity index (χ0n) is 13.5. The van der Waals surface area contributed by atoms with Gasteiger partial charge in [-0.3, -0.25) is 9.59 Å². The van der Waals surface area contributed by atoms with Crippen molar-refractivity contribution in [3.05, 3.63) is 28.7 Å². The summed E-state index contributed by atoms with van der Waals surface area (Å²) in [7, 11) is 0. The number of ether oxygens (including phenoxy) is 1. The standard InChI is InChI=1S/C17H22BrN3O3/c18-14-1-3-15(4-2-14)24-12-16(22)20-7-9-21(10-8-20)17(23)13-5-6-19-11-13/h1-4,13,19H,5-12H2. The van der Waals surface area contributed by atoms with Gasteiger partial charge < -0.3 is 19.9 Å². The smallest absolute Gasteiger partial charge is 0.260 e. The predicted octanol–water partition coefficient (Wildman–Crippen LogP) is 1.11. The van der Waals surface area contributed by atoms with Gasteiger partial charge in [0.25, 0.3) is 5.91 Å². The van der Waals surface area contributed by atoms with Gasteiger partial charge in [-0.15, -0.1) is 0 Å². The number of carbonyl (C=O) groups excluding carboxylic acids is 2. The number of piperazine rings is 1. The van der Waals surface area contributed by atoms with Crippen molar-refractivity contribution in [1.29, 1.82) is 0 Å². The Morgan fingerprint density at radius 1 is 1.12 bits per heavy atom. The molecule has 1 atom stereocenters. The number of carbonyl (C=O) groups is 2. The molecule has 6 nitrogen and oxygen atoms in total. The van der Waals surface area contributed by atoms with Crippen LogP contribution in [0.15, 0.2) is 28.7 Å². The molecule has 0 spiro atoms. The maximum atomic E-state index is 12.4. The molecule has 0 aromatic heterocycles. The summed E-state index contributed by atoms with van der Waals surface area (Å²) < 4.78 is 6.50. The number of rotatable bonds is 4. The van der Waals surface area contributed by atoms with Crippen molar-refractivity contribution in [2.45, 2.75) is 6.42 Å². The number of hydrogen-bond donors (Lipinski definition) is 1. The molecule has 2 amide bonds. The lowest BCUT2D eigenvalue weighted by atomic mass is 10.1. The zero-order chi connectivity index (χ0) is 16.9. The van der Waals surface area contributed by atoms with Crippen LogP contribution in [0.25, 0.3) is 0 Å². The predicted molar refractivity (Wildman–Crippen MR) is 93.8 cm³/mol. The van der Waals surface area contributed by atoms with Crippen molar-refractivity contribution in [3.8, 4) is 5.75 Å². The van der Waals surface area contributed by atoms with Gasteiger partial charge in [-0.25, -0.2) is 0 Å². The van der Waals surface area contributed by atoms with E-state index in [4.69, 9.17) is 4.74 Å². The maximum absolute atomic E-state index is 12.4. The number of nitrogens with zero attached hydrogens (tertiary/aromatic N) is 2. The summed E-state index contributed by atoms with van der Waals surface area (Å²) >= 11 is 3.36. The summed E-state index contributed by atoms with van der Waals surface area (Å²) in [6, 6.07) is 7.40. The monoisotopic (exact) mass is 395 g/mol. The lowest BCUT2D eigenvalue weighted by Crippen LogP contribution is -2.53. The molecule has 1 aromatic rings. The van der Waals surface area contributed by atoms with E-state index in [0.29, 0.717) is 31.9 Å². The molecule has 2 saturated heterocycles. The molecule has 0 saturated carbocycles. The van der Waals surface area contributed by atoms with Crippen molar-refractivity contribution in [2.75, 3.05) is 45.9 Å². The Balaban J connectivity index is 1.43. The van der Waals surface area contributed by atoms with Crippen LogP contribution in [0.5, 0.6) is 5.75 Å². The Bertz CT molecular complexity index is 579. The van der Waals surface area contributed by atoms with Crippen LogP contribution < -0.4 is 10.1 Å². The van der Waals surface area contributed by atoms with Crippen LogP contribution in [0.2, 0.25) is 0 Å². The first kappa shape index (κ1) is 17.2. The number of hydrogen-bond acceptors (Lipinski definition) is 4. The summed E-state index contributed by atoms with van der Waals surface area (Å²) in [6.45, 7) is 4.10. The second-order valence-corrected chi connectivity index (χ2v) is 7.05. The fraction of sp³-hybridized carbons (Fsp3) is 0.529. The Morgan fingerprint density at radius 3 is 2.42 bits per heavy atom. The van der Waals surface area contributed by atoms with E-state index in [9.17, 15) is 9.59 Å². The Kier molecular flexibility index (Phi) is 5.73. The third kappa shape index (κ3) is 4.27. The van der Waals surface area contributed by atoms with Gasteiger partial charge in [-0.05, 0) is 37.2 Å². The molecule has 1 unspecified atom stereocenters. The first-order valence-corrected chi connectivity index (χ1v) is 9.08. The largest absolute Gasteiger partial charge is 0.484 e. The highest BCUT2D eigenvalue weighted by Gasteiger charge is 2.30.